The van der Waals surface area contributed by atoms with E-state index < -0.39 is 5.60 Å². The minimum Gasteiger partial charge on any atom is -0.444 e. The lowest BCUT2D eigenvalue weighted by Crippen LogP contribution is -2.40. The summed E-state index contributed by atoms with van der Waals surface area (Å²) < 4.78 is 11.3. The van der Waals surface area contributed by atoms with E-state index in [1.165, 1.54) is 0 Å². The van der Waals surface area contributed by atoms with Crippen LogP contribution < -0.4 is 11.9 Å². The van der Waals surface area contributed by atoms with Gasteiger partial charge in [0.15, 0.2) is 11.5 Å². The van der Waals surface area contributed by atoms with Crippen LogP contribution in [0.3, 0.4) is 0 Å². The van der Waals surface area contributed by atoms with Crippen molar-refractivity contribution in [2.75, 3.05) is 31.9 Å². The number of ether oxygens (including phenoxy) is 1. The van der Waals surface area contributed by atoms with Gasteiger partial charge in [-0.25, -0.2) is 14.8 Å². The van der Waals surface area contributed by atoms with Gasteiger partial charge in [0.25, 0.3) is 11.8 Å². The minimum absolute atomic E-state index is 0. The lowest BCUT2D eigenvalue weighted by Gasteiger charge is -2.26. The number of nitrogens with zero attached hydrogens (tertiary/aromatic N) is 6. The van der Waals surface area contributed by atoms with Gasteiger partial charge in [0.1, 0.15) is 5.60 Å². The van der Waals surface area contributed by atoms with Gasteiger partial charge in [0.05, 0.1) is 11.9 Å². The molecule has 41 heavy (non-hydrogen) atoms. The number of rotatable bonds is 4. The number of benzene rings is 2. The molecule has 0 aliphatic carbocycles. The van der Waals surface area contributed by atoms with Crippen LogP contribution in [-0.4, -0.2) is 73.7 Å². The molecular formula is C29H34N8O4. The summed E-state index contributed by atoms with van der Waals surface area (Å²) in [4.78, 5) is 38.0. The van der Waals surface area contributed by atoms with Gasteiger partial charge in [-0.05, 0) is 51.5 Å². The predicted molar refractivity (Wildman–Crippen MR) is 154 cm³/mol. The fourth-order valence-corrected chi connectivity index (χ4v) is 4.31. The van der Waals surface area contributed by atoms with E-state index in [4.69, 9.17) is 14.9 Å². The van der Waals surface area contributed by atoms with Crippen LogP contribution in [-0.2, 0) is 4.74 Å². The molecule has 0 radical (unpaired) electrons. The molecule has 1 aliphatic rings. The van der Waals surface area contributed by atoms with Crippen molar-refractivity contribution in [2.24, 2.45) is 0 Å². The van der Waals surface area contributed by atoms with Crippen LogP contribution in [0.15, 0.2) is 65.2 Å². The Hall–Kier alpha value is -4.84. The van der Waals surface area contributed by atoms with Gasteiger partial charge < -0.3 is 30.8 Å². The van der Waals surface area contributed by atoms with Crippen LogP contribution in [0.25, 0.3) is 34.3 Å². The normalized spacial score (nSPS) is 13.7. The van der Waals surface area contributed by atoms with Crippen LogP contribution in [0.5, 0.6) is 0 Å². The molecule has 0 atom stereocenters. The SMILES string of the molecule is CC(C)(C)OC(=O)N1CCCN(C(=O)c2ccc(-c3cnc(N)c(-c4nnc(-c5ccccc5)o4)n3)cc2)CC1.N. The Kier molecular flexibility index (Phi) is 8.62. The summed E-state index contributed by atoms with van der Waals surface area (Å²) in [5, 5.41) is 8.21. The maximum atomic E-state index is 13.2. The van der Waals surface area contributed by atoms with Crippen LogP contribution in [0.4, 0.5) is 10.6 Å². The molecule has 5 rings (SSSR count). The molecule has 4 aromatic rings. The number of amides is 2. The van der Waals surface area contributed by atoms with Gasteiger partial charge in [-0.1, -0.05) is 30.3 Å². The summed E-state index contributed by atoms with van der Waals surface area (Å²) in [7, 11) is 0. The maximum Gasteiger partial charge on any atom is 0.410 e. The summed E-state index contributed by atoms with van der Waals surface area (Å²) in [6.45, 7) is 7.47. The summed E-state index contributed by atoms with van der Waals surface area (Å²) in [5.74, 6) is 0.591. The average Bonchev–Trinajstić information content (AvgIpc) is 3.30. The van der Waals surface area contributed by atoms with Gasteiger partial charge >= 0.3 is 6.09 Å². The second-order valence-corrected chi connectivity index (χ2v) is 10.5. The molecular weight excluding hydrogens is 524 g/mol. The molecule has 0 unspecified atom stereocenters. The third-order valence-corrected chi connectivity index (χ3v) is 6.31. The van der Waals surface area contributed by atoms with E-state index in [1.54, 1.807) is 28.1 Å². The predicted octanol–water partition coefficient (Wildman–Crippen LogP) is 4.69. The first kappa shape index (κ1) is 29.2. The molecule has 0 saturated carbocycles. The Morgan fingerprint density at radius 2 is 1.54 bits per heavy atom. The van der Waals surface area contributed by atoms with Crippen molar-refractivity contribution in [3.63, 3.8) is 0 Å². The van der Waals surface area contributed by atoms with Crippen molar-refractivity contribution in [3.05, 3.63) is 66.4 Å². The maximum absolute atomic E-state index is 13.2. The van der Waals surface area contributed by atoms with Gasteiger partial charge in [0.2, 0.25) is 5.89 Å². The van der Waals surface area contributed by atoms with E-state index in [-0.39, 0.29) is 35.6 Å². The molecule has 1 fully saturated rings. The van der Waals surface area contributed by atoms with Crippen LogP contribution in [0, 0.1) is 0 Å². The van der Waals surface area contributed by atoms with Crippen molar-refractivity contribution in [3.8, 4) is 34.3 Å². The summed E-state index contributed by atoms with van der Waals surface area (Å²) in [6.07, 6.45) is 1.88. The molecule has 12 nitrogen and oxygen atoms in total. The van der Waals surface area contributed by atoms with E-state index in [0.29, 0.717) is 49.7 Å². The highest BCUT2D eigenvalue weighted by Crippen LogP contribution is 2.28. The average molecular weight is 559 g/mol. The topological polar surface area (TPSA) is 176 Å². The smallest absolute Gasteiger partial charge is 0.410 e. The summed E-state index contributed by atoms with van der Waals surface area (Å²) in [6, 6.07) is 16.5. The second-order valence-electron chi connectivity index (χ2n) is 10.5. The van der Waals surface area contributed by atoms with Gasteiger partial charge in [0, 0.05) is 42.9 Å². The highest BCUT2D eigenvalue weighted by Gasteiger charge is 2.26. The van der Waals surface area contributed by atoms with Gasteiger partial charge in [-0.3, -0.25) is 4.79 Å². The largest absolute Gasteiger partial charge is 0.444 e. The number of anilines is 1. The molecule has 1 saturated heterocycles. The van der Waals surface area contributed by atoms with E-state index in [1.807, 2.05) is 63.2 Å². The van der Waals surface area contributed by atoms with E-state index in [9.17, 15) is 9.59 Å². The Labute approximate surface area is 238 Å². The number of nitrogens with two attached hydrogens (primary N) is 1. The minimum atomic E-state index is -0.563. The van der Waals surface area contributed by atoms with Crippen LogP contribution in [0.1, 0.15) is 37.6 Å². The van der Waals surface area contributed by atoms with E-state index in [0.717, 1.165) is 11.1 Å². The zero-order valence-electron chi connectivity index (χ0n) is 23.4. The molecule has 0 bridgehead atoms. The lowest BCUT2D eigenvalue weighted by atomic mass is 10.1. The number of aromatic nitrogens is 4. The fraction of sp³-hybridized carbons (Fsp3) is 0.310. The van der Waals surface area contributed by atoms with Gasteiger partial charge in [-0.2, -0.15) is 0 Å². The molecule has 2 amide bonds. The summed E-state index contributed by atoms with van der Waals surface area (Å²) >= 11 is 0. The highest BCUT2D eigenvalue weighted by molar-refractivity contribution is 5.94. The zero-order valence-corrected chi connectivity index (χ0v) is 23.4. The number of carbonyl (C=O) groups excluding carboxylic acids is 2. The van der Waals surface area contributed by atoms with Gasteiger partial charge in [-0.15, -0.1) is 10.2 Å². The second kappa shape index (κ2) is 12.1. The van der Waals surface area contributed by atoms with Crippen LogP contribution in [0.2, 0.25) is 0 Å². The third-order valence-electron chi connectivity index (χ3n) is 6.31. The number of hydrogen-bond acceptors (Lipinski definition) is 10. The number of hydrogen-bond donors (Lipinski definition) is 2. The Morgan fingerprint density at radius 3 is 2.24 bits per heavy atom. The Morgan fingerprint density at radius 1 is 0.878 bits per heavy atom. The summed E-state index contributed by atoms with van der Waals surface area (Å²) in [5.41, 5.74) is 8.43. The Balaban J connectivity index is 0.00000387. The van der Waals surface area contributed by atoms with E-state index in [2.05, 4.69) is 20.2 Å². The van der Waals surface area contributed by atoms with Crippen molar-refractivity contribution in [1.82, 2.24) is 36.1 Å². The molecule has 0 spiro atoms. The lowest BCUT2D eigenvalue weighted by molar-refractivity contribution is 0.0255. The van der Waals surface area contributed by atoms with Crippen molar-refractivity contribution in [1.29, 1.82) is 0 Å². The first-order chi connectivity index (χ1) is 19.2. The zero-order chi connectivity index (χ0) is 28.3. The molecule has 2 aromatic carbocycles. The fourth-order valence-electron chi connectivity index (χ4n) is 4.31. The van der Waals surface area contributed by atoms with Crippen molar-refractivity contribution < 1.29 is 18.7 Å². The standard InChI is InChI=1S/C29H31N7O4.H3N/c1-29(2,3)40-28(38)36-15-7-14-35(16-17-36)27(37)21-12-10-19(11-13-21)22-18-31-24(30)23(32-22)26-34-33-25(39-26)20-8-5-4-6-9-20;/h4-6,8-13,18H,7,14-17H2,1-3H3,(H2,30,31);1H3. The van der Waals surface area contributed by atoms with E-state index >= 15 is 0 Å². The third kappa shape index (κ3) is 6.84. The molecule has 2 aromatic heterocycles. The molecule has 1 aliphatic heterocycles. The van der Waals surface area contributed by atoms with Crippen molar-refractivity contribution >= 4 is 17.8 Å². The Bertz CT molecular complexity index is 1500. The molecule has 3 heterocycles. The first-order valence-electron chi connectivity index (χ1n) is 13.1. The first-order valence-corrected chi connectivity index (χ1v) is 13.1. The number of carbonyl (C=O) groups is 2. The monoisotopic (exact) mass is 558 g/mol. The number of nitrogen functional groups attached to an aromatic ring is 1. The molecule has 214 valence electrons. The van der Waals surface area contributed by atoms with Crippen molar-refractivity contribution in [2.45, 2.75) is 32.8 Å². The molecule has 5 N–H and O–H groups in total. The quantitative estimate of drug-likeness (QED) is 0.357. The van der Waals surface area contributed by atoms with Crippen LogP contribution >= 0.6 is 0 Å². The highest BCUT2D eigenvalue weighted by atomic mass is 16.6. The molecule has 12 heteroatoms.